The molecule has 0 aromatic carbocycles. The summed E-state index contributed by atoms with van der Waals surface area (Å²) in [7, 11) is 0. The molecule has 2 saturated heterocycles. The van der Waals surface area contributed by atoms with Crippen LogP contribution in [0, 0.1) is 0 Å². The second-order valence-corrected chi connectivity index (χ2v) is 4.32. The highest BCUT2D eigenvalue weighted by atomic mass is 16.5. The molecular formula is C10H16N2O4. The fourth-order valence-electron chi connectivity index (χ4n) is 2.19. The monoisotopic (exact) mass is 228 g/mol. The van der Waals surface area contributed by atoms with E-state index >= 15 is 0 Å². The van der Waals surface area contributed by atoms with Crippen LogP contribution < -0.4 is 5.32 Å². The summed E-state index contributed by atoms with van der Waals surface area (Å²) in [6, 6.07) is -0.315. The molecule has 3 atom stereocenters. The van der Waals surface area contributed by atoms with Gasteiger partial charge in [0.25, 0.3) is 0 Å². The number of rotatable bonds is 2. The van der Waals surface area contributed by atoms with Crippen molar-refractivity contribution in [2.75, 3.05) is 19.8 Å². The molecular weight excluding hydrogens is 212 g/mol. The predicted octanol–water partition coefficient (Wildman–Crippen LogP) is -1.52. The topological polar surface area (TPSA) is 78.9 Å². The average molecular weight is 228 g/mol. The van der Waals surface area contributed by atoms with Gasteiger partial charge in [0.2, 0.25) is 11.8 Å². The Morgan fingerprint density at radius 1 is 1.56 bits per heavy atom. The highest BCUT2D eigenvalue weighted by Gasteiger charge is 2.40. The van der Waals surface area contributed by atoms with Crippen LogP contribution in [0.5, 0.6) is 0 Å². The van der Waals surface area contributed by atoms with E-state index < -0.39 is 6.04 Å². The van der Waals surface area contributed by atoms with Crippen molar-refractivity contribution in [1.82, 2.24) is 10.2 Å². The number of imide groups is 1. The van der Waals surface area contributed by atoms with E-state index in [0.717, 1.165) is 0 Å². The molecule has 0 saturated carbocycles. The van der Waals surface area contributed by atoms with Gasteiger partial charge < -0.3 is 9.84 Å². The molecule has 0 aromatic rings. The lowest BCUT2D eigenvalue weighted by Gasteiger charge is -2.39. The predicted molar refractivity (Wildman–Crippen MR) is 54.5 cm³/mol. The minimum absolute atomic E-state index is 0.0640. The molecule has 3 unspecified atom stereocenters. The number of aliphatic hydroxyl groups is 1. The summed E-state index contributed by atoms with van der Waals surface area (Å²) >= 11 is 0. The van der Waals surface area contributed by atoms with Crippen LogP contribution in [0.1, 0.15) is 13.3 Å². The first-order valence-corrected chi connectivity index (χ1v) is 5.43. The van der Waals surface area contributed by atoms with E-state index in [0.29, 0.717) is 13.2 Å². The van der Waals surface area contributed by atoms with E-state index in [-0.39, 0.29) is 37.0 Å². The molecule has 2 fully saturated rings. The molecule has 2 N–H and O–H groups in total. The van der Waals surface area contributed by atoms with Crippen LogP contribution >= 0.6 is 0 Å². The molecule has 2 aliphatic rings. The summed E-state index contributed by atoms with van der Waals surface area (Å²) in [5.74, 6) is -0.468. The van der Waals surface area contributed by atoms with Gasteiger partial charge in [-0.25, -0.2) is 0 Å². The van der Waals surface area contributed by atoms with E-state index in [1.165, 1.54) is 0 Å². The highest BCUT2D eigenvalue weighted by molar-refractivity contribution is 6.05. The van der Waals surface area contributed by atoms with Crippen LogP contribution in [0.2, 0.25) is 0 Å². The molecule has 0 aliphatic carbocycles. The Kier molecular flexibility index (Phi) is 3.22. The van der Waals surface area contributed by atoms with Gasteiger partial charge >= 0.3 is 0 Å². The Morgan fingerprint density at radius 3 is 2.88 bits per heavy atom. The van der Waals surface area contributed by atoms with Gasteiger partial charge in [0.15, 0.2) is 0 Å². The third kappa shape index (κ3) is 2.09. The van der Waals surface area contributed by atoms with Crippen LogP contribution in [0.3, 0.4) is 0 Å². The van der Waals surface area contributed by atoms with Gasteiger partial charge in [-0.3, -0.25) is 19.8 Å². The lowest BCUT2D eigenvalue weighted by atomic mass is 10.1. The fraction of sp³-hybridized carbons (Fsp3) is 0.800. The number of carbonyl (C=O) groups is 2. The Balaban J connectivity index is 2.06. The standard InChI is InChI=1S/C10H16N2O4/c1-6-5-16-7(4-13)3-12(6)8-2-9(14)11-10(8)15/h6-8,13H,2-5H2,1H3,(H,11,14,15). The molecule has 2 rings (SSSR count). The molecule has 6 nitrogen and oxygen atoms in total. The maximum absolute atomic E-state index is 11.5. The number of nitrogens with zero attached hydrogens (tertiary/aromatic N) is 1. The van der Waals surface area contributed by atoms with Crippen LogP contribution in [0.4, 0.5) is 0 Å². The third-order valence-electron chi connectivity index (χ3n) is 3.10. The van der Waals surface area contributed by atoms with E-state index in [2.05, 4.69) is 5.32 Å². The molecule has 2 amide bonds. The van der Waals surface area contributed by atoms with Crippen molar-refractivity contribution in [1.29, 1.82) is 0 Å². The summed E-state index contributed by atoms with van der Waals surface area (Å²) < 4.78 is 5.38. The number of ether oxygens (including phenoxy) is 1. The maximum Gasteiger partial charge on any atom is 0.244 e. The molecule has 2 heterocycles. The number of aliphatic hydroxyl groups excluding tert-OH is 1. The van der Waals surface area contributed by atoms with E-state index in [1.807, 2.05) is 11.8 Å². The molecule has 0 spiro atoms. The number of hydrogen-bond acceptors (Lipinski definition) is 5. The zero-order valence-corrected chi connectivity index (χ0v) is 9.18. The fourth-order valence-corrected chi connectivity index (χ4v) is 2.19. The van der Waals surface area contributed by atoms with Gasteiger partial charge in [-0.05, 0) is 6.92 Å². The Bertz CT molecular complexity index is 307. The van der Waals surface area contributed by atoms with Gasteiger partial charge in [0.05, 0.1) is 31.8 Å². The van der Waals surface area contributed by atoms with Crippen LogP contribution in [-0.2, 0) is 14.3 Å². The van der Waals surface area contributed by atoms with Gasteiger partial charge in [0.1, 0.15) is 0 Å². The number of amides is 2. The molecule has 2 aliphatic heterocycles. The maximum atomic E-state index is 11.5. The van der Waals surface area contributed by atoms with Crippen molar-refractivity contribution in [3.05, 3.63) is 0 Å². The Morgan fingerprint density at radius 2 is 2.31 bits per heavy atom. The molecule has 90 valence electrons. The van der Waals surface area contributed by atoms with Crippen molar-refractivity contribution in [2.45, 2.75) is 31.5 Å². The SMILES string of the molecule is CC1COC(CO)CN1C1CC(=O)NC1=O. The summed E-state index contributed by atoms with van der Waals surface area (Å²) in [6.45, 7) is 2.85. The van der Waals surface area contributed by atoms with Gasteiger partial charge in [0, 0.05) is 12.6 Å². The highest BCUT2D eigenvalue weighted by Crippen LogP contribution is 2.19. The quantitative estimate of drug-likeness (QED) is 0.561. The summed E-state index contributed by atoms with van der Waals surface area (Å²) in [5, 5.41) is 11.3. The summed E-state index contributed by atoms with van der Waals surface area (Å²) in [4.78, 5) is 24.6. The second-order valence-electron chi connectivity index (χ2n) is 4.32. The zero-order valence-electron chi connectivity index (χ0n) is 9.18. The van der Waals surface area contributed by atoms with E-state index in [9.17, 15) is 9.59 Å². The largest absolute Gasteiger partial charge is 0.394 e. The lowest BCUT2D eigenvalue weighted by molar-refractivity contribution is -0.132. The molecule has 0 bridgehead atoms. The summed E-state index contributed by atoms with van der Waals surface area (Å²) in [6.07, 6.45) is -0.0545. The first-order valence-electron chi connectivity index (χ1n) is 5.43. The van der Waals surface area contributed by atoms with Crippen molar-refractivity contribution >= 4 is 11.8 Å². The molecule has 0 aromatic heterocycles. The van der Waals surface area contributed by atoms with Gasteiger partial charge in [-0.15, -0.1) is 0 Å². The molecule has 16 heavy (non-hydrogen) atoms. The number of carbonyl (C=O) groups excluding carboxylic acids is 2. The molecule has 0 radical (unpaired) electrons. The summed E-state index contributed by atoms with van der Waals surface area (Å²) in [5.41, 5.74) is 0. The number of morpholine rings is 1. The smallest absolute Gasteiger partial charge is 0.244 e. The lowest BCUT2D eigenvalue weighted by Crippen LogP contribution is -2.55. The normalized spacial score (nSPS) is 36.5. The van der Waals surface area contributed by atoms with Gasteiger partial charge in [-0.2, -0.15) is 0 Å². The van der Waals surface area contributed by atoms with Crippen LogP contribution in [0.15, 0.2) is 0 Å². The van der Waals surface area contributed by atoms with Gasteiger partial charge in [-0.1, -0.05) is 0 Å². The molecule has 6 heteroatoms. The minimum atomic E-state index is -0.402. The van der Waals surface area contributed by atoms with Crippen molar-refractivity contribution in [3.8, 4) is 0 Å². The van der Waals surface area contributed by atoms with Crippen molar-refractivity contribution in [2.24, 2.45) is 0 Å². The number of nitrogens with one attached hydrogen (secondary N) is 1. The number of hydrogen-bond donors (Lipinski definition) is 2. The van der Waals surface area contributed by atoms with Crippen molar-refractivity contribution < 1.29 is 19.4 Å². The van der Waals surface area contributed by atoms with Crippen LogP contribution in [-0.4, -0.2) is 59.8 Å². The Labute approximate surface area is 93.6 Å². The van der Waals surface area contributed by atoms with E-state index in [4.69, 9.17) is 9.84 Å². The van der Waals surface area contributed by atoms with E-state index in [1.54, 1.807) is 0 Å². The van der Waals surface area contributed by atoms with Crippen LogP contribution in [0.25, 0.3) is 0 Å². The van der Waals surface area contributed by atoms with Crippen molar-refractivity contribution in [3.63, 3.8) is 0 Å². The first-order chi connectivity index (χ1) is 7.61. The zero-order chi connectivity index (χ0) is 11.7. The second kappa shape index (κ2) is 4.48. The minimum Gasteiger partial charge on any atom is -0.394 e. The average Bonchev–Trinajstić information content (AvgIpc) is 2.58. The third-order valence-corrected chi connectivity index (χ3v) is 3.10. The first kappa shape index (κ1) is 11.5. The Hall–Kier alpha value is -0.980.